The number of hydrogen-bond acceptors (Lipinski definition) is 1. The molecule has 1 aliphatic rings. The number of rotatable bonds is 5. The highest BCUT2D eigenvalue weighted by Crippen LogP contribution is 2.21. The molecule has 0 bridgehead atoms. The summed E-state index contributed by atoms with van der Waals surface area (Å²) in [5.74, 6) is 0.977. The van der Waals surface area contributed by atoms with Crippen LogP contribution in [0.2, 0.25) is 0 Å². The van der Waals surface area contributed by atoms with Crippen LogP contribution in [0.4, 0.5) is 0 Å². The van der Waals surface area contributed by atoms with Crippen LogP contribution < -0.4 is 5.32 Å². The molecule has 1 fully saturated rings. The van der Waals surface area contributed by atoms with Gasteiger partial charge in [0.15, 0.2) is 0 Å². The van der Waals surface area contributed by atoms with Crippen molar-refractivity contribution in [2.24, 2.45) is 5.92 Å². The second-order valence-corrected chi connectivity index (χ2v) is 4.09. The number of hydrogen-bond donors (Lipinski definition) is 1. The monoisotopic (exact) mass is 169 g/mol. The summed E-state index contributed by atoms with van der Waals surface area (Å²) < 4.78 is 0. The molecule has 1 nitrogen and oxygen atoms in total. The van der Waals surface area contributed by atoms with Gasteiger partial charge in [-0.15, -0.1) is 0 Å². The summed E-state index contributed by atoms with van der Waals surface area (Å²) in [6.07, 6.45) is 8.38. The summed E-state index contributed by atoms with van der Waals surface area (Å²) in [5, 5.41) is 3.58. The quantitative estimate of drug-likeness (QED) is 0.667. The minimum absolute atomic E-state index is 0.849. The first-order chi connectivity index (χ1) is 5.86. The van der Waals surface area contributed by atoms with Crippen molar-refractivity contribution in [3.05, 3.63) is 0 Å². The molecule has 0 aromatic rings. The fraction of sp³-hybridized carbons (Fsp3) is 1.00. The summed E-state index contributed by atoms with van der Waals surface area (Å²) in [4.78, 5) is 0. The molecule has 2 atom stereocenters. The lowest BCUT2D eigenvalue weighted by Gasteiger charge is -2.18. The van der Waals surface area contributed by atoms with E-state index >= 15 is 0 Å². The van der Waals surface area contributed by atoms with Gasteiger partial charge in [0.05, 0.1) is 0 Å². The van der Waals surface area contributed by atoms with Gasteiger partial charge in [0.25, 0.3) is 0 Å². The van der Waals surface area contributed by atoms with Crippen LogP contribution in [-0.4, -0.2) is 12.6 Å². The highest BCUT2D eigenvalue weighted by atomic mass is 14.9. The molecular weight excluding hydrogens is 146 g/mol. The molecular formula is C11H23N. The molecule has 0 radical (unpaired) electrons. The fourth-order valence-electron chi connectivity index (χ4n) is 2.26. The van der Waals surface area contributed by atoms with Crippen molar-refractivity contribution in [1.29, 1.82) is 0 Å². The first kappa shape index (κ1) is 10.0. The van der Waals surface area contributed by atoms with E-state index in [9.17, 15) is 0 Å². The van der Waals surface area contributed by atoms with Crippen LogP contribution >= 0.6 is 0 Å². The zero-order valence-electron chi connectivity index (χ0n) is 8.60. The van der Waals surface area contributed by atoms with Crippen molar-refractivity contribution < 1.29 is 0 Å². The third kappa shape index (κ3) is 3.14. The third-order valence-electron chi connectivity index (χ3n) is 3.05. The molecule has 1 N–H and O–H groups in total. The molecule has 0 saturated carbocycles. The summed E-state index contributed by atoms with van der Waals surface area (Å²) in [6.45, 7) is 5.88. The van der Waals surface area contributed by atoms with Crippen molar-refractivity contribution in [2.75, 3.05) is 6.54 Å². The zero-order valence-corrected chi connectivity index (χ0v) is 8.60. The maximum atomic E-state index is 3.58. The summed E-state index contributed by atoms with van der Waals surface area (Å²) in [6, 6.07) is 0.849. The van der Waals surface area contributed by atoms with Gasteiger partial charge in [-0.2, -0.15) is 0 Å². The summed E-state index contributed by atoms with van der Waals surface area (Å²) >= 11 is 0. The number of nitrogens with one attached hydrogen (secondary N) is 1. The normalized spacial score (nSPS) is 26.0. The van der Waals surface area contributed by atoms with Crippen LogP contribution in [0.5, 0.6) is 0 Å². The molecule has 0 spiro atoms. The van der Waals surface area contributed by atoms with Crippen molar-refractivity contribution in [3.8, 4) is 0 Å². The summed E-state index contributed by atoms with van der Waals surface area (Å²) in [5.41, 5.74) is 0. The van der Waals surface area contributed by atoms with Gasteiger partial charge < -0.3 is 5.32 Å². The van der Waals surface area contributed by atoms with Gasteiger partial charge in [-0.1, -0.05) is 33.1 Å². The maximum absolute atomic E-state index is 3.58. The smallest absolute Gasteiger partial charge is 0.00701 e. The van der Waals surface area contributed by atoms with Crippen LogP contribution in [0, 0.1) is 5.92 Å². The van der Waals surface area contributed by atoms with Gasteiger partial charge in [0.2, 0.25) is 0 Å². The minimum atomic E-state index is 0.849. The van der Waals surface area contributed by atoms with E-state index in [0.717, 1.165) is 12.0 Å². The minimum Gasteiger partial charge on any atom is -0.314 e. The topological polar surface area (TPSA) is 12.0 Å². The van der Waals surface area contributed by atoms with E-state index in [1.165, 1.54) is 45.1 Å². The molecule has 1 aliphatic heterocycles. The predicted octanol–water partition coefficient (Wildman–Crippen LogP) is 2.95. The average Bonchev–Trinajstić information content (AvgIpc) is 2.56. The largest absolute Gasteiger partial charge is 0.314 e. The molecule has 0 aliphatic carbocycles. The van der Waals surface area contributed by atoms with Gasteiger partial charge in [0.1, 0.15) is 0 Å². The lowest BCUT2D eigenvalue weighted by Crippen LogP contribution is -2.24. The Bertz CT molecular complexity index is 106. The Hall–Kier alpha value is -0.0400. The molecule has 0 aromatic heterocycles. The Kier molecular flexibility index (Phi) is 4.67. The van der Waals surface area contributed by atoms with E-state index in [2.05, 4.69) is 19.2 Å². The van der Waals surface area contributed by atoms with E-state index in [4.69, 9.17) is 0 Å². The van der Waals surface area contributed by atoms with Crippen LogP contribution in [0.15, 0.2) is 0 Å². The van der Waals surface area contributed by atoms with Gasteiger partial charge in [-0.25, -0.2) is 0 Å². The van der Waals surface area contributed by atoms with Crippen molar-refractivity contribution in [1.82, 2.24) is 5.32 Å². The van der Waals surface area contributed by atoms with Gasteiger partial charge in [-0.3, -0.25) is 0 Å². The van der Waals surface area contributed by atoms with Crippen molar-refractivity contribution in [3.63, 3.8) is 0 Å². The molecule has 1 rings (SSSR count). The van der Waals surface area contributed by atoms with Gasteiger partial charge in [0, 0.05) is 6.04 Å². The fourth-order valence-corrected chi connectivity index (χ4v) is 2.26. The average molecular weight is 169 g/mol. The first-order valence-corrected chi connectivity index (χ1v) is 5.60. The molecule has 1 unspecified atom stereocenters. The van der Waals surface area contributed by atoms with E-state index < -0.39 is 0 Å². The molecule has 12 heavy (non-hydrogen) atoms. The van der Waals surface area contributed by atoms with Crippen LogP contribution in [-0.2, 0) is 0 Å². The Balaban J connectivity index is 2.16. The lowest BCUT2D eigenvalue weighted by atomic mass is 9.92. The maximum Gasteiger partial charge on any atom is 0.00701 e. The van der Waals surface area contributed by atoms with Crippen LogP contribution in [0.1, 0.15) is 52.4 Å². The van der Waals surface area contributed by atoms with E-state index in [0.29, 0.717) is 0 Å². The summed E-state index contributed by atoms with van der Waals surface area (Å²) in [7, 11) is 0. The van der Waals surface area contributed by atoms with E-state index in [1.807, 2.05) is 0 Å². The van der Waals surface area contributed by atoms with Gasteiger partial charge >= 0.3 is 0 Å². The Morgan fingerprint density at radius 2 is 2.25 bits per heavy atom. The molecule has 1 saturated heterocycles. The zero-order chi connectivity index (χ0) is 8.81. The second kappa shape index (κ2) is 5.58. The highest BCUT2D eigenvalue weighted by molar-refractivity contribution is 4.76. The van der Waals surface area contributed by atoms with Crippen molar-refractivity contribution >= 4 is 0 Å². The Morgan fingerprint density at radius 1 is 1.42 bits per heavy atom. The Morgan fingerprint density at radius 3 is 2.75 bits per heavy atom. The van der Waals surface area contributed by atoms with Gasteiger partial charge in [-0.05, 0) is 31.7 Å². The second-order valence-electron chi connectivity index (χ2n) is 4.09. The molecule has 72 valence electrons. The van der Waals surface area contributed by atoms with Crippen LogP contribution in [0.25, 0.3) is 0 Å². The molecule has 0 aromatic carbocycles. The molecule has 0 amide bonds. The highest BCUT2D eigenvalue weighted by Gasteiger charge is 2.17. The Labute approximate surface area is 76.9 Å². The third-order valence-corrected chi connectivity index (χ3v) is 3.05. The SMILES string of the molecule is CCCC(CC)C[C@H]1CCCN1. The van der Waals surface area contributed by atoms with E-state index in [1.54, 1.807) is 0 Å². The first-order valence-electron chi connectivity index (χ1n) is 5.60. The standard InChI is InChI=1S/C11H23N/c1-3-6-10(4-2)9-11-7-5-8-12-11/h10-12H,3-9H2,1-2H3/t10?,11-/m1/s1. The predicted molar refractivity (Wildman–Crippen MR) is 54.3 cm³/mol. The van der Waals surface area contributed by atoms with Crippen molar-refractivity contribution in [2.45, 2.75) is 58.4 Å². The van der Waals surface area contributed by atoms with E-state index in [-0.39, 0.29) is 0 Å². The van der Waals surface area contributed by atoms with Crippen LogP contribution in [0.3, 0.4) is 0 Å². The lowest BCUT2D eigenvalue weighted by molar-refractivity contribution is 0.375. The molecule has 1 heterocycles. The molecule has 1 heteroatoms.